The van der Waals surface area contributed by atoms with Crippen molar-refractivity contribution >= 4 is 5.91 Å². The standard InChI is InChI=1S/C14H30N4O/c1-13(2)17-8-10-18(11-9-17)14(19)12-15-6-5-7-16(3)4/h13,15H,5-12H2,1-4H3. The third-order valence-corrected chi connectivity index (χ3v) is 3.63. The molecule has 1 saturated heterocycles. The van der Waals surface area contributed by atoms with Crippen LogP contribution in [0.2, 0.25) is 0 Å². The molecule has 1 rings (SSSR count). The number of piperazine rings is 1. The van der Waals surface area contributed by atoms with Crippen LogP contribution in [0.1, 0.15) is 20.3 Å². The fourth-order valence-corrected chi connectivity index (χ4v) is 2.32. The van der Waals surface area contributed by atoms with Gasteiger partial charge in [0.15, 0.2) is 0 Å². The van der Waals surface area contributed by atoms with Crippen LogP contribution in [0.4, 0.5) is 0 Å². The summed E-state index contributed by atoms with van der Waals surface area (Å²) in [7, 11) is 4.14. The minimum Gasteiger partial charge on any atom is -0.339 e. The smallest absolute Gasteiger partial charge is 0.236 e. The lowest BCUT2D eigenvalue weighted by Gasteiger charge is -2.37. The molecular weight excluding hydrogens is 240 g/mol. The van der Waals surface area contributed by atoms with Gasteiger partial charge in [0.05, 0.1) is 6.54 Å². The van der Waals surface area contributed by atoms with Gasteiger partial charge in [-0.15, -0.1) is 0 Å². The summed E-state index contributed by atoms with van der Waals surface area (Å²) in [6.07, 6.45) is 1.08. The van der Waals surface area contributed by atoms with Crippen LogP contribution in [0.25, 0.3) is 0 Å². The molecule has 1 aliphatic rings. The van der Waals surface area contributed by atoms with Gasteiger partial charge in [-0.3, -0.25) is 9.69 Å². The van der Waals surface area contributed by atoms with E-state index in [1.807, 2.05) is 4.90 Å². The predicted molar refractivity (Wildman–Crippen MR) is 79.3 cm³/mol. The molecule has 5 nitrogen and oxygen atoms in total. The lowest BCUT2D eigenvalue weighted by Crippen LogP contribution is -2.52. The molecular formula is C14H30N4O. The molecule has 112 valence electrons. The Morgan fingerprint density at radius 3 is 2.37 bits per heavy atom. The maximum atomic E-state index is 12.0. The lowest BCUT2D eigenvalue weighted by atomic mass is 10.2. The molecule has 1 heterocycles. The van der Waals surface area contributed by atoms with Crippen LogP contribution < -0.4 is 5.32 Å². The van der Waals surface area contributed by atoms with Crippen molar-refractivity contribution in [2.75, 3.05) is 59.9 Å². The van der Waals surface area contributed by atoms with Crippen LogP contribution in [-0.4, -0.2) is 86.6 Å². The second-order valence-electron chi connectivity index (χ2n) is 5.84. The van der Waals surface area contributed by atoms with Crippen molar-refractivity contribution in [2.24, 2.45) is 0 Å². The topological polar surface area (TPSA) is 38.8 Å². The van der Waals surface area contributed by atoms with Gasteiger partial charge < -0.3 is 15.1 Å². The number of hydrogen-bond donors (Lipinski definition) is 1. The SMILES string of the molecule is CC(C)N1CCN(C(=O)CNCCCN(C)C)CC1. The summed E-state index contributed by atoms with van der Waals surface area (Å²) in [5.41, 5.74) is 0. The van der Waals surface area contributed by atoms with E-state index >= 15 is 0 Å². The van der Waals surface area contributed by atoms with Crippen LogP contribution in [-0.2, 0) is 4.79 Å². The summed E-state index contributed by atoms with van der Waals surface area (Å²) in [5, 5.41) is 3.24. The van der Waals surface area contributed by atoms with Crippen LogP contribution in [0.15, 0.2) is 0 Å². The van der Waals surface area contributed by atoms with Gasteiger partial charge in [0.2, 0.25) is 5.91 Å². The molecule has 1 N–H and O–H groups in total. The van der Waals surface area contributed by atoms with E-state index in [-0.39, 0.29) is 5.91 Å². The van der Waals surface area contributed by atoms with Crippen LogP contribution in [0, 0.1) is 0 Å². The number of hydrogen-bond acceptors (Lipinski definition) is 4. The van der Waals surface area contributed by atoms with E-state index in [1.165, 1.54) is 0 Å². The molecule has 1 aliphatic heterocycles. The zero-order chi connectivity index (χ0) is 14.3. The molecule has 0 unspecified atom stereocenters. The van der Waals surface area contributed by atoms with Gasteiger partial charge in [-0.05, 0) is 47.5 Å². The predicted octanol–water partition coefficient (Wildman–Crippen LogP) is 0.0803. The molecule has 0 bridgehead atoms. The maximum absolute atomic E-state index is 12.0. The lowest BCUT2D eigenvalue weighted by molar-refractivity contribution is -0.132. The monoisotopic (exact) mass is 270 g/mol. The Labute approximate surface area is 117 Å². The second kappa shape index (κ2) is 8.51. The first kappa shape index (κ1) is 16.4. The van der Waals surface area contributed by atoms with E-state index in [4.69, 9.17) is 0 Å². The van der Waals surface area contributed by atoms with Gasteiger partial charge in [-0.1, -0.05) is 0 Å². The molecule has 1 amide bonds. The van der Waals surface area contributed by atoms with E-state index in [1.54, 1.807) is 0 Å². The zero-order valence-corrected chi connectivity index (χ0v) is 13.0. The van der Waals surface area contributed by atoms with E-state index < -0.39 is 0 Å². The van der Waals surface area contributed by atoms with Gasteiger partial charge >= 0.3 is 0 Å². The molecule has 0 aliphatic carbocycles. The molecule has 0 atom stereocenters. The normalized spacial score (nSPS) is 17.5. The first-order valence-electron chi connectivity index (χ1n) is 7.38. The fraction of sp³-hybridized carbons (Fsp3) is 0.929. The highest BCUT2D eigenvalue weighted by Gasteiger charge is 2.21. The third kappa shape index (κ3) is 6.36. The summed E-state index contributed by atoms with van der Waals surface area (Å²) in [6, 6.07) is 0.585. The van der Waals surface area contributed by atoms with E-state index in [2.05, 4.69) is 43.1 Å². The summed E-state index contributed by atoms with van der Waals surface area (Å²) < 4.78 is 0. The first-order chi connectivity index (χ1) is 9.00. The Morgan fingerprint density at radius 1 is 1.21 bits per heavy atom. The molecule has 0 saturated carbocycles. The van der Waals surface area contributed by atoms with Gasteiger partial charge in [0, 0.05) is 32.2 Å². The Kier molecular flexibility index (Phi) is 7.34. The van der Waals surface area contributed by atoms with Crippen LogP contribution in [0.3, 0.4) is 0 Å². The largest absolute Gasteiger partial charge is 0.339 e. The van der Waals surface area contributed by atoms with E-state index in [0.29, 0.717) is 12.6 Å². The minimum absolute atomic E-state index is 0.244. The van der Waals surface area contributed by atoms with Gasteiger partial charge in [0.1, 0.15) is 0 Å². The van der Waals surface area contributed by atoms with Crippen molar-refractivity contribution in [3.63, 3.8) is 0 Å². The minimum atomic E-state index is 0.244. The van der Waals surface area contributed by atoms with Crippen molar-refractivity contribution in [1.82, 2.24) is 20.0 Å². The average Bonchev–Trinajstić information content (AvgIpc) is 2.37. The van der Waals surface area contributed by atoms with Gasteiger partial charge in [-0.2, -0.15) is 0 Å². The van der Waals surface area contributed by atoms with Gasteiger partial charge in [0.25, 0.3) is 0 Å². The fourth-order valence-electron chi connectivity index (χ4n) is 2.32. The van der Waals surface area contributed by atoms with Crippen LogP contribution >= 0.6 is 0 Å². The molecule has 0 aromatic heterocycles. The van der Waals surface area contributed by atoms with E-state index in [0.717, 1.165) is 45.7 Å². The highest BCUT2D eigenvalue weighted by Crippen LogP contribution is 2.05. The van der Waals surface area contributed by atoms with Crippen molar-refractivity contribution in [1.29, 1.82) is 0 Å². The number of nitrogens with one attached hydrogen (secondary N) is 1. The molecule has 0 radical (unpaired) electrons. The highest BCUT2D eigenvalue weighted by atomic mass is 16.2. The quantitative estimate of drug-likeness (QED) is 0.665. The third-order valence-electron chi connectivity index (χ3n) is 3.63. The molecule has 0 aromatic carbocycles. The van der Waals surface area contributed by atoms with Crippen molar-refractivity contribution in [2.45, 2.75) is 26.3 Å². The zero-order valence-electron chi connectivity index (χ0n) is 13.0. The number of carbonyl (C=O) groups is 1. The highest BCUT2D eigenvalue weighted by molar-refractivity contribution is 5.78. The first-order valence-corrected chi connectivity index (χ1v) is 7.38. The number of rotatable bonds is 7. The molecule has 5 heteroatoms. The summed E-state index contributed by atoms with van der Waals surface area (Å²) in [6.45, 7) is 10.6. The number of carbonyl (C=O) groups excluding carboxylic acids is 1. The van der Waals surface area contributed by atoms with Crippen molar-refractivity contribution in [3.8, 4) is 0 Å². The Hall–Kier alpha value is -0.650. The van der Waals surface area contributed by atoms with E-state index in [9.17, 15) is 4.79 Å². The molecule has 1 fully saturated rings. The number of nitrogens with zero attached hydrogens (tertiary/aromatic N) is 3. The van der Waals surface area contributed by atoms with Crippen molar-refractivity contribution in [3.05, 3.63) is 0 Å². The maximum Gasteiger partial charge on any atom is 0.236 e. The van der Waals surface area contributed by atoms with Crippen LogP contribution in [0.5, 0.6) is 0 Å². The summed E-state index contributed by atoms with van der Waals surface area (Å²) in [4.78, 5) is 18.6. The van der Waals surface area contributed by atoms with Crippen molar-refractivity contribution < 1.29 is 4.79 Å². The Morgan fingerprint density at radius 2 is 1.84 bits per heavy atom. The number of amides is 1. The average molecular weight is 270 g/mol. The molecule has 0 aromatic rings. The summed E-state index contributed by atoms with van der Waals surface area (Å²) >= 11 is 0. The summed E-state index contributed by atoms with van der Waals surface area (Å²) in [5.74, 6) is 0.244. The molecule has 19 heavy (non-hydrogen) atoms. The van der Waals surface area contributed by atoms with Gasteiger partial charge in [-0.25, -0.2) is 0 Å². The Balaban J connectivity index is 2.11. The Bertz CT molecular complexity index is 260. The second-order valence-corrected chi connectivity index (χ2v) is 5.84. The molecule has 0 spiro atoms.